The second kappa shape index (κ2) is 3.01. The summed E-state index contributed by atoms with van der Waals surface area (Å²) in [6, 6.07) is -0.543. The van der Waals surface area contributed by atoms with Gasteiger partial charge in [0.25, 0.3) is 0 Å². The van der Waals surface area contributed by atoms with E-state index in [1.54, 1.807) is 0 Å². The molecule has 13 heteroatoms. The number of nitrogens with zero attached hydrogens (tertiary/aromatic N) is 12. The fraction of sp³-hybridized carbons (Fsp3) is 0.286. The number of fused-ring (bicyclic) bond motifs is 5. The van der Waals surface area contributed by atoms with Crippen LogP contribution in [0.2, 0.25) is 0 Å². The monoisotopic (exact) mass is 270 g/mol. The minimum absolute atomic E-state index is 0.213. The second-order valence-corrected chi connectivity index (χ2v) is 4.21. The van der Waals surface area contributed by atoms with Crippen LogP contribution in [0.5, 0.6) is 0 Å². The summed E-state index contributed by atoms with van der Waals surface area (Å²) in [6.07, 6.45) is -0.662. The zero-order valence-electron chi connectivity index (χ0n) is 9.43. The Morgan fingerprint density at radius 3 is 2.85 bits per heavy atom. The normalized spacial score (nSPS) is 22.8. The highest BCUT2D eigenvalue weighted by Crippen LogP contribution is 2.42. The Morgan fingerprint density at radius 2 is 1.90 bits per heavy atom. The molecule has 2 atom stereocenters. The molecule has 20 heavy (non-hydrogen) atoms. The van der Waals surface area contributed by atoms with Gasteiger partial charge in [-0.05, 0) is 26.1 Å². The third kappa shape index (κ3) is 0.897. The van der Waals surface area contributed by atoms with E-state index in [1.165, 1.54) is 4.57 Å². The molecule has 0 bridgehead atoms. The summed E-state index contributed by atoms with van der Waals surface area (Å²) in [5.74, 6) is 0. The number of aromatic nitrogens is 8. The van der Waals surface area contributed by atoms with Crippen molar-refractivity contribution >= 4 is 16.7 Å². The molecule has 2 aliphatic rings. The molecule has 0 N–H and O–H groups in total. The van der Waals surface area contributed by atoms with E-state index in [9.17, 15) is 4.79 Å². The fourth-order valence-corrected chi connectivity index (χ4v) is 2.49. The Hall–Kier alpha value is -3.25. The van der Waals surface area contributed by atoms with Gasteiger partial charge >= 0.3 is 5.69 Å². The average molecular weight is 270 g/mol. The van der Waals surface area contributed by atoms with Gasteiger partial charge in [-0.3, -0.25) is 4.57 Å². The maximum absolute atomic E-state index is 12.5. The first kappa shape index (κ1) is 9.65. The van der Waals surface area contributed by atoms with Crippen LogP contribution in [-0.2, 0) is 0 Å². The maximum Gasteiger partial charge on any atom is 0.354 e. The number of rotatable bonds is 0. The maximum atomic E-state index is 12.5. The van der Waals surface area contributed by atoms with E-state index < -0.39 is 17.9 Å². The van der Waals surface area contributed by atoms with Crippen LogP contribution in [0, 0.1) is 0 Å². The molecule has 0 spiro atoms. The smallest absolute Gasteiger partial charge is 0.260 e. The van der Waals surface area contributed by atoms with Gasteiger partial charge in [-0.2, -0.15) is 5.11 Å². The molecule has 0 aliphatic carbocycles. The molecule has 13 nitrogen and oxygen atoms in total. The van der Waals surface area contributed by atoms with Crippen LogP contribution in [0.15, 0.2) is 25.5 Å². The molecule has 0 aromatic carbocycles. The van der Waals surface area contributed by atoms with Crippen LogP contribution in [0.1, 0.15) is 17.9 Å². The molecule has 0 radical (unpaired) electrons. The number of tetrazole rings is 1. The molecule has 2 unspecified atom stereocenters. The van der Waals surface area contributed by atoms with E-state index in [4.69, 9.17) is 0 Å². The zero-order valence-corrected chi connectivity index (χ0v) is 9.43. The minimum atomic E-state index is -0.662. The highest BCUT2D eigenvalue weighted by Gasteiger charge is 2.41. The van der Waals surface area contributed by atoms with Gasteiger partial charge < -0.3 is 0 Å². The molecule has 0 amide bonds. The Morgan fingerprint density at radius 1 is 1.00 bits per heavy atom. The molecule has 96 valence electrons. The van der Waals surface area contributed by atoms with Crippen molar-refractivity contribution in [3.05, 3.63) is 16.2 Å². The SMILES string of the molecule is O=c1n2c3c(nnnc3c3nnnn13)C1N=NN=NC12. The van der Waals surface area contributed by atoms with Crippen LogP contribution in [0.25, 0.3) is 16.7 Å². The van der Waals surface area contributed by atoms with E-state index in [0.717, 1.165) is 4.52 Å². The van der Waals surface area contributed by atoms with Crippen molar-refractivity contribution in [2.24, 2.45) is 20.7 Å². The molecule has 0 saturated heterocycles. The highest BCUT2D eigenvalue weighted by atomic mass is 16.2. The van der Waals surface area contributed by atoms with Gasteiger partial charge in [0.15, 0.2) is 17.7 Å². The number of hydrogen-bond donors (Lipinski definition) is 0. The van der Waals surface area contributed by atoms with Gasteiger partial charge in [-0.1, -0.05) is 0 Å². The molecule has 5 heterocycles. The predicted octanol–water partition coefficient (Wildman–Crippen LogP) is -0.990. The first-order valence-electron chi connectivity index (χ1n) is 5.52. The Labute approximate surface area is 107 Å². The van der Waals surface area contributed by atoms with Crippen molar-refractivity contribution in [2.75, 3.05) is 0 Å². The van der Waals surface area contributed by atoms with Gasteiger partial charge in [0, 0.05) is 0 Å². The van der Waals surface area contributed by atoms with Gasteiger partial charge in [0.05, 0.1) is 0 Å². The standard InChI is InChI=1S/C7H2N12O/c20-7-18-4-1(2-5(18)11-15-14-9-2)8-13-10-3(4)6-12-16-17-19(6)7/h2,5H. The summed E-state index contributed by atoms with van der Waals surface area (Å²) >= 11 is 0. The van der Waals surface area contributed by atoms with Gasteiger partial charge in [0.2, 0.25) is 5.65 Å². The molecule has 5 rings (SSSR count). The third-order valence-corrected chi connectivity index (χ3v) is 3.29. The van der Waals surface area contributed by atoms with E-state index in [-0.39, 0.29) is 5.65 Å². The Balaban J connectivity index is 2.10. The molecular formula is C7H2N12O. The van der Waals surface area contributed by atoms with Gasteiger partial charge in [-0.15, -0.1) is 24.9 Å². The highest BCUT2D eigenvalue weighted by molar-refractivity contribution is 5.89. The van der Waals surface area contributed by atoms with E-state index >= 15 is 0 Å². The average Bonchev–Trinajstić information content (AvgIpc) is 3.09. The van der Waals surface area contributed by atoms with Crippen molar-refractivity contribution in [3.8, 4) is 0 Å². The van der Waals surface area contributed by atoms with Crippen LogP contribution in [-0.4, -0.2) is 40.0 Å². The van der Waals surface area contributed by atoms with E-state index in [1.807, 2.05) is 0 Å². The lowest BCUT2D eigenvalue weighted by molar-refractivity contribution is 0.389. The molecular weight excluding hydrogens is 268 g/mol. The lowest BCUT2D eigenvalue weighted by Crippen LogP contribution is -2.29. The summed E-state index contributed by atoms with van der Waals surface area (Å²) in [7, 11) is 0. The second-order valence-electron chi connectivity index (χ2n) is 4.21. The van der Waals surface area contributed by atoms with Crippen LogP contribution in [0.3, 0.4) is 0 Å². The lowest BCUT2D eigenvalue weighted by Gasteiger charge is -2.12. The molecule has 0 fully saturated rings. The van der Waals surface area contributed by atoms with Gasteiger partial charge in [-0.25, -0.2) is 4.79 Å². The molecule has 3 aromatic heterocycles. The summed E-state index contributed by atoms with van der Waals surface area (Å²) in [6.45, 7) is 0. The van der Waals surface area contributed by atoms with Crippen molar-refractivity contribution in [2.45, 2.75) is 12.2 Å². The first-order chi connectivity index (χ1) is 9.86. The van der Waals surface area contributed by atoms with E-state index in [0.29, 0.717) is 16.7 Å². The predicted molar refractivity (Wildman–Crippen MR) is 57.4 cm³/mol. The Bertz CT molecular complexity index is 996. The summed E-state index contributed by atoms with van der Waals surface area (Å²) in [5.41, 5.74) is 1.04. The first-order valence-corrected chi connectivity index (χ1v) is 5.52. The third-order valence-electron chi connectivity index (χ3n) is 3.29. The fourth-order valence-electron chi connectivity index (χ4n) is 2.49. The summed E-state index contributed by atoms with van der Waals surface area (Å²) in [5, 5.41) is 37.3. The van der Waals surface area contributed by atoms with Crippen LogP contribution in [0.4, 0.5) is 0 Å². The van der Waals surface area contributed by atoms with Gasteiger partial charge in [0.1, 0.15) is 11.2 Å². The summed E-state index contributed by atoms with van der Waals surface area (Å²) < 4.78 is 2.40. The zero-order chi connectivity index (χ0) is 13.3. The van der Waals surface area contributed by atoms with Crippen molar-refractivity contribution < 1.29 is 0 Å². The molecule has 3 aromatic rings. The lowest BCUT2D eigenvalue weighted by atomic mass is 10.2. The largest absolute Gasteiger partial charge is 0.354 e. The topological polar surface area (TPSA) is 153 Å². The van der Waals surface area contributed by atoms with Crippen LogP contribution < -0.4 is 5.69 Å². The van der Waals surface area contributed by atoms with Crippen molar-refractivity contribution in [1.82, 2.24) is 40.0 Å². The van der Waals surface area contributed by atoms with Crippen molar-refractivity contribution in [3.63, 3.8) is 0 Å². The number of hydrogen-bond acceptors (Lipinski definition) is 11. The molecule has 2 aliphatic heterocycles. The Kier molecular flexibility index (Phi) is 1.45. The summed E-state index contributed by atoms with van der Waals surface area (Å²) in [4.78, 5) is 12.5. The van der Waals surface area contributed by atoms with E-state index in [2.05, 4.69) is 51.6 Å². The van der Waals surface area contributed by atoms with Crippen molar-refractivity contribution in [1.29, 1.82) is 0 Å². The molecule has 0 saturated carbocycles. The van der Waals surface area contributed by atoms with Crippen LogP contribution >= 0.6 is 0 Å². The quantitative estimate of drug-likeness (QED) is 0.508. The minimum Gasteiger partial charge on any atom is -0.260 e.